The van der Waals surface area contributed by atoms with Crippen molar-refractivity contribution in [2.24, 2.45) is 16.1 Å². The van der Waals surface area contributed by atoms with Gasteiger partial charge in [-0.3, -0.25) is 9.59 Å². The summed E-state index contributed by atoms with van der Waals surface area (Å²) in [7, 11) is 1.76. The second-order valence-electron chi connectivity index (χ2n) is 7.56. The maximum Gasteiger partial charge on any atom is 0.196 e. The molecule has 2 aromatic carbocycles. The van der Waals surface area contributed by atoms with Crippen molar-refractivity contribution in [2.45, 2.75) is 26.7 Å². The zero-order valence-corrected chi connectivity index (χ0v) is 19.4. The Hall–Kier alpha value is -2.54. The molecule has 0 radical (unpaired) electrons. The molecule has 0 amide bonds. The Bertz CT molecular complexity index is 941. The van der Waals surface area contributed by atoms with Gasteiger partial charge in [0.25, 0.3) is 0 Å². The average Bonchev–Trinajstić information content (AvgIpc) is 2.73. The third kappa shape index (κ3) is 5.14. The summed E-state index contributed by atoms with van der Waals surface area (Å²) < 4.78 is 0. The van der Waals surface area contributed by atoms with Crippen LogP contribution in [0, 0.1) is 5.92 Å². The van der Waals surface area contributed by atoms with Crippen LogP contribution in [0.4, 0.5) is 11.4 Å². The molecule has 0 spiro atoms. The highest BCUT2D eigenvalue weighted by Crippen LogP contribution is 2.36. The minimum atomic E-state index is -0.123. The summed E-state index contributed by atoms with van der Waals surface area (Å²) in [5.74, 6) is 0.387. The fraction of sp³-hybridized carbons (Fsp3) is 0.391. The summed E-state index contributed by atoms with van der Waals surface area (Å²) in [6, 6.07) is 10.7. The SMILES string of the molecule is Br.CNc1ccc(NCCCN=NCCC(C)C)c2c1C(=O)c1ccccc1C2=O. The quantitative estimate of drug-likeness (QED) is 0.323. The van der Waals surface area contributed by atoms with Crippen LogP contribution in [0.2, 0.25) is 0 Å². The second kappa shape index (κ2) is 11.0. The van der Waals surface area contributed by atoms with Crippen molar-refractivity contribution >= 4 is 39.9 Å². The van der Waals surface area contributed by atoms with E-state index in [1.54, 1.807) is 31.3 Å². The summed E-state index contributed by atoms with van der Waals surface area (Å²) >= 11 is 0. The molecule has 0 atom stereocenters. The first-order valence-electron chi connectivity index (χ1n) is 10.1. The lowest BCUT2D eigenvalue weighted by Crippen LogP contribution is -2.24. The summed E-state index contributed by atoms with van der Waals surface area (Å²) in [5, 5.41) is 14.7. The molecular weight excluding hydrogens is 444 g/mol. The number of hydrogen-bond donors (Lipinski definition) is 2. The molecule has 2 aromatic rings. The molecule has 2 N–H and O–H groups in total. The smallest absolute Gasteiger partial charge is 0.196 e. The van der Waals surface area contributed by atoms with Crippen LogP contribution in [0.15, 0.2) is 46.6 Å². The summed E-state index contributed by atoms with van der Waals surface area (Å²) in [6.45, 7) is 6.39. The van der Waals surface area contributed by atoms with Gasteiger partial charge in [-0.05, 0) is 30.9 Å². The molecule has 0 aliphatic heterocycles. The van der Waals surface area contributed by atoms with Gasteiger partial charge in [0.1, 0.15) is 0 Å². The number of fused-ring (bicyclic) bond motifs is 2. The molecule has 0 unspecified atom stereocenters. The number of ketones is 2. The van der Waals surface area contributed by atoms with Crippen LogP contribution in [0.25, 0.3) is 0 Å². The maximum atomic E-state index is 13.2. The van der Waals surface area contributed by atoms with Crippen molar-refractivity contribution in [1.29, 1.82) is 0 Å². The van der Waals surface area contributed by atoms with Crippen molar-refractivity contribution in [3.05, 3.63) is 58.7 Å². The van der Waals surface area contributed by atoms with Crippen LogP contribution in [0.3, 0.4) is 0 Å². The van der Waals surface area contributed by atoms with Gasteiger partial charge in [-0.1, -0.05) is 38.1 Å². The normalized spacial score (nSPS) is 12.5. The van der Waals surface area contributed by atoms with E-state index in [-0.39, 0.29) is 28.5 Å². The number of anilines is 2. The Morgan fingerprint density at radius 3 is 2.03 bits per heavy atom. The van der Waals surface area contributed by atoms with Gasteiger partial charge in [0.15, 0.2) is 11.6 Å². The molecule has 0 saturated carbocycles. The zero-order chi connectivity index (χ0) is 20.8. The average molecular weight is 473 g/mol. The molecule has 0 bridgehead atoms. The van der Waals surface area contributed by atoms with Crippen molar-refractivity contribution < 1.29 is 9.59 Å². The Kier molecular flexibility index (Phi) is 8.72. The van der Waals surface area contributed by atoms with Gasteiger partial charge in [0.05, 0.1) is 24.2 Å². The summed E-state index contributed by atoms with van der Waals surface area (Å²) in [6.07, 6.45) is 1.84. The predicted octanol–water partition coefficient (Wildman–Crippen LogP) is 5.38. The van der Waals surface area contributed by atoms with E-state index < -0.39 is 0 Å². The van der Waals surface area contributed by atoms with Gasteiger partial charge in [0.2, 0.25) is 0 Å². The highest BCUT2D eigenvalue weighted by molar-refractivity contribution is 8.93. The fourth-order valence-corrected chi connectivity index (χ4v) is 3.41. The lowest BCUT2D eigenvalue weighted by atomic mass is 9.82. The maximum absolute atomic E-state index is 13.2. The number of rotatable bonds is 9. The third-order valence-electron chi connectivity index (χ3n) is 5.00. The monoisotopic (exact) mass is 472 g/mol. The zero-order valence-electron chi connectivity index (χ0n) is 17.7. The van der Waals surface area contributed by atoms with Crippen LogP contribution < -0.4 is 10.6 Å². The van der Waals surface area contributed by atoms with Gasteiger partial charge in [-0.2, -0.15) is 10.2 Å². The molecular formula is C23H29BrN4O2. The first-order valence-corrected chi connectivity index (χ1v) is 10.1. The van der Waals surface area contributed by atoms with E-state index in [2.05, 4.69) is 34.7 Å². The highest BCUT2D eigenvalue weighted by atomic mass is 79.9. The van der Waals surface area contributed by atoms with Gasteiger partial charge in [-0.25, -0.2) is 0 Å². The Labute approximate surface area is 188 Å². The minimum absolute atomic E-state index is 0. The van der Waals surface area contributed by atoms with Crippen molar-refractivity contribution in [1.82, 2.24) is 0 Å². The van der Waals surface area contributed by atoms with Crippen LogP contribution >= 0.6 is 17.0 Å². The number of azo groups is 1. The number of hydrogen-bond acceptors (Lipinski definition) is 6. The Morgan fingerprint density at radius 1 is 0.867 bits per heavy atom. The third-order valence-corrected chi connectivity index (χ3v) is 5.00. The molecule has 3 rings (SSSR count). The first kappa shape index (κ1) is 23.7. The molecule has 1 aliphatic rings. The minimum Gasteiger partial charge on any atom is -0.388 e. The second-order valence-corrected chi connectivity index (χ2v) is 7.56. The summed E-state index contributed by atoms with van der Waals surface area (Å²) in [5.41, 5.74) is 3.15. The molecule has 6 nitrogen and oxygen atoms in total. The topological polar surface area (TPSA) is 82.9 Å². The number of carbonyl (C=O) groups is 2. The number of carbonyl (C=O) groups excluding carboxylic acids is 2. The van der Waals surface area contributed by atoms with Crippen LogP contribution in [-0.2, 0) is 0 Å². The van der Waals surface area contributed by atoms with E-state index in [0.29, 0.717) is 52.6 Å². The van der Waals surface area contributed by atoms with Crippen LogP contribution in [-0.4, -0.2) is 38.2 Å². The van der Waals surface area contributed by atoms with Crippen molar-refractivity contribution in [3.63, 3.8) is 0 Å². The van der Waals surface area contributed by atoms with Crippen LogP contribution in [0.1, 0.15) is 58.5 Å². The largest absolute Gasteiger partial charge is 0.388 e. The number of nitrogens with zero attached hydrogens (tertiary/aromatic N) is 2. The van der Waals surface area contributed by atoms with E-state index >= 15 is 0 Å². The lowest BCUT2D eigenvalue weighted by Gasteiger charge is -2.23. The van der Waals surface area contributed by atoms with Crippen molar-refractivity contribution in [2.75, 3.05) is 37.3 Å². The van der Waals surface area contributed by atoms with E-state index in [0.717, 1.165) is 19.4 Å². The lowest BCUT2D eigenvalue weighted by molar-refractivity contribution is 0.0980. The molecule has 0 fully saturated rings. The van der Waals surface area contributed by atoms with Gasteiger partial charge < -0.3 is 10.6 Å². The van der Waals surface area contributed by atoms with Crippen LogP contribution in [0.5, 0.6) is 0 Å². The predicted molar refractivity (Wildman–Crippen MR) is 127 cm³/mol. The molecule has 1 aliphatic carbocycles. The molecule has 0 heterocycles. The number of nitrogens with one attached hydrogen (secondary N) is 2. The van der Waals surface area contributed by atoms with E-state index in [4.69, 9.17) is 0 Å². The van der Waals surface area contributed by atoms with Crippen molar-refractivity contribution in [3.8, 4) is 0 Å². The molecule has 0 saturated heterocycles. The van der Waals surface area contributed by atoms with E-state index in [9.17, 15) is 9.59 Å². The molecule has 30 heavy (non-hydrogen) atoms. The molecule has 160 valence electrons. The van der Waals surface area contributed by atoms with Gasteiger partial charge in [0, 0.05) is 36.1 Å². The Balaban J connectivity index is 0.00000320. The summed E-state index contributed by atoms with van der Waals surface area (Å²) in [4.78, 5) is 26.2. The van der Waals surface area contributed by atoms with Gasteiger partial charge in [-0.15, -0.1) is 17.0 Å². The standard InChI is InChI=1S/C23H28N4O2.BrH/c1-15(2)11-14-27-26-13-6-12-25-19-10-9-18(24-3)20-21(19)23(29)17-8-5-4-7-16(17)22(20)28;/h4-5,7-10,15,24-25H,6,11-14H2,1-3H3;1H. The number of benzene rings is 2. The first-order chi connectivity index (χ1) is 14.0. The van der Waals surface area contributed by atoms with E-state index in [1.165, 1.54) is 0 Å². The Morgan fingerprint density at radius 2 is 1.43 bits per heavy atom. The molecule has 7 heteroatoms. The van der Waals surface area contributed by atoms with E-state index in [1.807, 2.05) is 12.1 Å². The fourth-order valence-electron chi connectivity index (χ4n) is 3.41. The highest BCUT2D eigenvalue weighted by Gasteiger charge is 2.33. The molecule has 0 aromatic heterocycles. The number of halogens is 1. The van der Waals surface area contributed by atoms with Gasteiger partial charge >= 0.3 is 0 Å².